The zero-order valence-corrected chi connectivity index (χ0v) is 16.3. The van der Waals surface area contributed by atoms with E-state index in [9.17, 15) is 14.4 Å². The lowest BCUT2D eigenvalue weighted by Gasteiger charge is -2.09. The summed E-state index contributed by atoms with van der Waals surface area (Å²) in [6, 6.07) is 2.76. The molecule has 0 radical (unpaired) electrons. The molecule has 9 heteroatoms. The van der Waals surface area contributed by atoms with Crippen LogP contribution in [0.1, 0.15) is 39.0 Å². The van der Waals surface area contributed by atoms with Crippen molar-refractivity contribution in [2.75, 3.05) is 7.11 Å². The first-order valence-corrected chi connectivity index (χ1v) is 8.45. The summed E-state index contributed by atoms with van der Waals surface area (Å²) in [5.74, 6) is -1.73. The van der Waals surface area contributed by atoms with Crippen LogP contribution in [0, 0.1) is 6.92 Å². The Bertz CT molecular complexity index is 881. The number of hydrogen-bond acceptors (Lipinski definition) is 5. The highest BCUT2D eigenvalue weighted by molar-refractivity contribution is 6.40. The van der Waals surface area contributed by atoms with E-state index < -0.39 is 11.9 Å². The van der Waals surface area contributed by atoms with E-state index in [0.29, 0.717) is 10.6 Å². The summed E-state index contributed by atoms with van der Waals surface area (Å²) in [5, 5.41) is 0.422. The molecule has 26 heavy (non-hydrogen) atoms. The minimum atomic E-state index is -0.738. The highest BCUT2D eigenvalue weighted by atomic mass is 35.5. The molecule has 1 aromatic heterocycles. The Balaban J connectivity index is 2.33. The molecule has 2 rings (SSSR count). The molecule has 0 aliphatic rings. The van der Waals surface area contributed by atoms with Crippen molar-refractivity contribution in [1.82, 2.24) is 4.98 Å². The van der Waals surface area contributed by atoms with Gasteiger partial charge in [0.05, 0.1) is 34.8 Å². The number of methoxy groups -OCH3 is 1. The summed E-state index contributed by atoms with van der Waals surface area (Å²) in [7, 11) is 1.21. The molecular weight excluding hydrogens is 405 g/mol. The highest BCUT2D eigenvalue weighted by Gasteiger charge is 2.25. The third kappa shape index (κ3) is 4.20. The SMILES string of the molecule is COC(=O)c1c(CC(=O)Oc2c(Cl)cc(Cl)cc2Cl)[nH]c(C(C)=O)c1C. The van der Waals surface area contributed by atoms with Crippen molar-refractivity contribution in [1.29, 1.82) is 0 Å². The van der Waals surface area contributed by atoms with E-state index in [1.165, 1.54) is 26.2 Å². The van der Waals surface area contributed by atoms with Gasteiger partial charge in [-0.05, 0) is 24.6 Å². The fourth-order valence-electron chi connectivity index (χ4n) is 2.44. The smallest absolute Gasteiger partial charge is 0.339 e. The second kappa shape index (κ2) is 8.12. The van der Waals surface area contributed by atoms with E-state index in [1.807, 2.05) is 0 Å². The fourth-order valence-corrected chi connectivity index (χ4v) is 3.34. The number of aromatic nitrogens is 1. The molecule has 0 spiro atoms. The van der Waals surface area contributed by atoms with E-state index in [1.54, 1.807) is 6.92 Å². The number of ether oxygens (including phenoxy) is 2. The van der Waals surface area contributed by atoms with Crippen molar-refractivity contribution in [3.8, 4) is 5.75 Å². The second-order valence-corrected chi connectivity index (χ2v) is 6.63. The van der Waals surface area contributed by atoms with E-state index in [2.05, 4.69) is 4.98 Å². The van der Waals surface area contributed by atoms with Gasteiger partial charge in [0.15, 0.2) is 11.5 Å². The summed E-state index contributed by atoms with van der Waals surface area (Å²) in [6.07, 6.45) is -0.326. The first-order chi connectivity index (χ1) is 12.1. The molecule has 1 N–H and O–H groups in total. The molecule has 2 aromatic rings. The third-order valence-electron chi connectivity index (χ3n) is 3.57. The molecule has 0 aliphatic carbocycles. The van der Waals surface area contributed by atoms with Gasteiger partial charge in [0, 0.05) is 17.6 Å². The molecule has 0 saturated heterocycles. The molecule has 0 atom stereocenters. The summed E-state index contributed by atoms with van der Waals surface area (Å²) >= 11 is 17.8. The van der Waals surface area contributed by atoms with Gasteiger partial charge in [-0.2, -0.15) is 0 Å². The maximum Gasteiger partial charge on any atom is 0.339 e. The lowest BCUT2D eigenvalue weighted by Crippen LogP contribution is -2.15. The molecule has 1 aromatic carbocycles. The molecule has 0 aliphatic heterocycles. The van der Waals surface area contributed by atoms with E-state index in [-0.39, 0.29) is 45.0 Å². The maximum atomic E-state index is 12.3. The number of carbonyl (C=O) groups excluding carboxylic acids is 3. The molecule has 0 fully saturated rings. The number of carbonyl (C=O) groups is 3. The largest absolute Gasteiger partial charge is 0.465 e. The number of Topliss-reactive ketones (excluding diaryl/α,β-unsaturated/α-hetero) is 1. The second-order valence-electron chi connectivity index (χ2n) is 5.38. The molecule has 0 amide bonds. The Kier molecular flexibility index (Phi) is 6.34. The van der Waals surface area contributed by atoms with Gasteiger partial charge in [-0.25, -0.2) is 4.79 Å². The van der Waals surface area contributed by atoms with E-state index in [0.717, 1.165) is 0 Å². The van der Waals surface area contributed by atoms with Crippen molar-refractivity contribution >= 4 is 52.5 Å². The van der Waals surface area contributed by atoms with Crippen LogP contribution in [0.4, 0.5) is 0 Å². The first-order valence-electron chi connectivity index (χ1n) is 7.31. The van der Waals surface area contributed by atoms with Crippen molar-refractivity contribution in [2.24, 2.45) is 0 Å². The number of hydrogen-bond donors (Lipinski definition) is 1. The Morgan fingerprint density at radius 3 is 2.19 bits per heavy atom. The molecule has 6 nitrogen and oxygen atoms in total. The van der Waals surface area contributed by atoms with Gasteiger partial charge >= 0.3 is 11.9 Å². The number of ketones is 1. The molecule has 0 saturated carbocycles. The van der Waals surface area contributed by atoms with Gasteiger partial charge in [0.25, 0.3) is 0 Å². The van der Waals surface area contributed by atoms with Crippen LogP contribution in [0.25, 0.3) is 0 Å². The number of benzene rings is 1. The van der Waals surface area contributed by atoms with Crippen LogP contribution < -0.4 is 4.74 Å². The summed E-state index contributed by atoms with van der Waals surface area (Å²) in [5.41, 5.74) is 0.930. The van der Waals surface area contributed by atoms with Crippen LogP contribution in [-0.4, -0.2) is 29.8 Å². The van der Waals surface area contributed by atoms with E-state index in [4.69, 9.17) is 44.3 Å². The minimum absolute atomic E-state index is 0.0441. The van der Waals surface area contributed by atoms with Crippen LogP contribution in [0.2, 0.25) is 15.1 Å². The average Bonchev–Trinajstić information content (AvgIpc) is 2.86. The third-order valence-corrected chi connectivity index (χ3v) is 4.35. The normalized spacial score (nSPS) is 10.5. The van der Waals surface area contributed by atoms with Crippen LogP contribution >= 0.6 is 34.8 Å². The maximum absolute atomic E-state index is 12.3. The Morgan fingerprint density at radius 2 is 1.69 bits per heavy atom. The van der Waals surface area contributed by atoms with Crippen molar-refractivity contribution in [2.45, 2.75) is 20.3 Å². The minimum Gasteiger partial charge on any atom is -0.465 e. The zero-order chi connectivity index (χ0) is 19.6. The Labute approximate surface area is 164 Å². The molecular formula is C17H14Cl3NO5. The van der Waals surface area contributed by atoms with E-state index >= 15 is 0 Å². The van der Waals surface area contributed by atoms with Gasteiger partial charge in [-0.1, -0.05) is 34.8 Å². The highest BCUT2D eigenvalue weighted by Crippen LogP contribution is 2.36. The number of esters is 2. The predicted octanol–water partition coefficient (Wildman–Crippen LogP) is 4.42. The number of rotatable bonds is 5. The summed E-state index contributed by atoms with van der Waals surface area (Å²) in [4.78, 5) is 38.8. The predicted molar refractivity (Wildman–Crippen MR) is 97.7 cm³/mol. The van der Waals surface area contributed by atoms with Crippen molar-refractivity contribution in [3.05, 3.63) is 49.7 Å². The van der Waals surface area contributed by atoms with Crippen LogP contribution in [0.3, 0.4) is 0 Å². The van der Waals surface area contributed by atoms with Crippen LogP contribution in [0.5, 0.6) is 5.75 Å². The lowest BCUT2D eigenvalue weighted by molar-refractivity contribution is -0.133. The molecule has 0 bridgehead atoms. The number of aromatic amines is 1. The number of nitrogens with one attached hydrogen (secondary N) is 1. The summed E-state index contributed by atoms with van der Waals surface area (Å²) < 4.78 is 9.92. The van der Waals surface area contributed by atoms with Gasteiger partial charge < -0.3 is 14.5 Å². The fraction of sp³-hybridized carbons (Fsp3) is 0.235. The molecule has 138 valence electrons. The lowest BCUT2D eigenvalue weighted by atomic mass is 10.1. The Hall–Kier alpha value is -2.02. The van der Waals surface area contributed by atoms with Crippen molar-refractivity contribution < 1.29 is 23.9 Å². The standard InChI is InChI=1S/C17H14Cl3NO5/c1-7-14(17(24)25-3)12(21-15(7)8(2)22)6-13(23)26-16-10(19)4-9(18)5-11(16)20/h4-5,21H,6H2,1-3H3. The zero-order valence-electron chi connectivity index (χ0n) is 14.0. The van der Waals surface area contributed by atoms with Gasteiger partial charge in [0.2, 0.25) is 0 Å². The monoisotopic (exact) mass is 417 g/mol. The number of halogens is 3. The molecule has 1 heterocycles. The topological polar surface area (TPSA) is 85.5 Å². The molecule has 0 unspecified atom stereocenters. The average molecular weight is 419 g/mol. The van der Waals surface area contributed by atoms with Crippen LogP contribution in [-0.2, 0) is 16.0 Å². The number of H-pyrrole nitrogens is 1. The van der Waals surface area contributed by atoms with Crippen LogP contribution in [0.15, 0.2) is 12.1 Å². The Morgan fingerprint density at radius 1 is 1.12 bits per heavy atom. The first kappa shape index (κ1) is 20.3. The van der Waals surface area contributed by atoms with Gasteiger partial charge in [0.1, 0.15) is 0 Å². The summed E-state index contributed by atoms with van der Waals surface area (Å²) in [6.45, 7) is 2.93. The van der Waals surface area contributed by atoms with Crippen molar-refractivity contribution in [3.63, 3.8) is 0 Å². The quantitative estimate of drug-likeness (QED) is 0.441. The van der Waals surface area contributed by atoms with Gasteiger partial charge in [-0.15, -0.1) is 0 Å². The van der Waals surface area contributed by atoms with Gasteiger partial charge in [-0.3, -0.25) is 9.59 Å².